The van der Waals surface area contributed by atoms with E-state index >= 15 is 0 Å². The van der Waals surface area contributed by atoms with Crippen LogP contribution < -0.4 is 0 Å². The number of aromatic nitrogens is 1. The molecule has 2 rings (SSSR count). The summed E-state index contributed by atoms with van der Waals surface area (Å²) in [7, 11) is 9.53. The number of halogens is 2. The van der Waals surface area contributed by atoms with Crippen LogP contribution in [0.2, 0.25) is 0 Å². The van der Waals surface area contributed by atoms with Crippen molar-refractivity contribution < 1.29 is 13.1 Å². The molecule has 0 aliphatic heterocycles. The van der Waals surface area contributed by atoms with Gasteiger partial charge in [0, 0.05) is 6.20 Å². The van der Waals surface area contributed by atoms with Gasteiger partial charge in [-0.25, -0.2) is 0 Å². The van der Waals surface area contributed by atoms with Gasteiger partial charge < -0.3 is 0 Å². The molecule has 102 valence electrons. The Morgan fingerprint density at radius 2 is 1.74 bits per heavy atom. The molecular formula is C14H14Cl2FeN2. The Morgan fingerprint density at radius 1 is 1.11 bits per heavy atom. The van der Waals surface area contributed by atoms with E-state index in [0.717, 1.165) is 17.1 Å². The number of benzene rings is 1. The minimum absolute atomic E-state index is 0.194. The van der Waals surface area contributed by atoms with Crippen LogP contribution in [-0.4, -0.2) is 10.7 Å². The molecule has 0 atom stereocenters. The molecule has 0 amide bonds. The Morgan fingerprint density at radius 3 is 2.32 bits per heavy atom. The number of hydrogen-bond acceptors (Lipinski definition) is 2. The van der Waals surface area contributed by atoms with Crippen molar-refractivity contribution in [2.24, 2.45) is 4.99 Å². The van der Waals surface area contributed by atoms with Crippen LogP contribution in [0.4, 0.5) is 5.69 Å². The first-order valence-corrected chi connectivity index (χ1v) is 8.60. The normalized spacial score (nSPS) is 10.8. The van der Waals surface area contributed by atoms with Gasteiger partial charge in [0.1, 0.15) is 0 Å². The molecule has 0 saturated heterocycles. The van der Waals surface area contributed by atoms with Crippen LogP contribution in [0.5, 0.6) is 0 Å². The number of aryl methyl sites for hydroxylation is 1. The third-order valence-corrected chi connectivity index (χ3v) is 2.44. The quantitative estimate of drug-likeness (QED) is 0.565. The third-order valence-electron chi connectivity index (χ3n) is 2.44. The molecule has 0 fully saturated rings. The Kier molecular flexibility index (Phi) is 7.76. The monoisotopic (exact) mass is 336 g/mol. The van der Waals surface area contributed by atoms with Crippen molar-refractivity contribution in [3.63, 3.8) is 0 Å². The molecule has 5 heteroatoms. The predicted octanol–water partition coefficient (Wildman–Crippen LogP) is 4.91. The molecule has 0 bridgehead atoms. The van der Waals surface area contributed by atoms with Crippen LogP contribution in [-0.2, 0) is 13.1 Å². The molecule has 0 N–H and O–H groups in total. The van der Waals surface area contributed by atoms with Crippen LogP contribution in [0.3, 0.4) is 0 Å². The number of aliphatic imine (C=N–C) groups is 1. The van der Waals surface area contributed by atoms with E-state index in [-0.39, 0.29) is 13.1 Å². The molecule has 0 spiro atoms. The van der Waals surface area contributed by atoms with Crippen molar-refractivity contribution in [3.8, 4) is 0 Å². The van der Waals surface area contributed by atoms with E-state index in [1.165, 1.54) is 5.56 Å². The zero-order chi connectivity index (χ0) is 14.1. The second-order valence-corrected chi connectivity index (χ2v) is 5.57. The molecular weight excluding hydrogens is 323 g/mol. The van der Waals surface area contributed by atoms with Crippen molar-refractivity contribution in [3.05, 3.63) is 59.9 Å². The van der Waals surface area contributed by atoms with Crippen LogP contribution >= 0.6 is 20.2 Å². The van der Waals surface area contributed by atoms with Crippen molar-refractivity contribution in [2.45, 2.75) is 13.8 Å². The van der Waals surface area contributed by atoms with E-state index in [0.29, 0.717) is 0 Å². The summed E-state index contributed by atoms with van der Waals surface area (Å²) in [5.74, 6) is 0. The van der Waals surface area contributed by atoms with Gasteiger partial charge in [-0.1, -0.05) is 24.3 Å². The van der Waals surface area contributed by atoms with Gasteiger partial charge in [-0.05, 0) is 37.6 Å². The van der Waals surface area contributed by atoms with Gasteiger partial charge in [-0.15, -0.1) is 0 Å². The minimum atomic E-state index is 0.194. The summed E-state index contributed by atoms with van der Waals surface area (Å²) < 4.78 is 0. The number of nitrogens with zero attached hydrogens (tertiary/aromatic N) is 2. The number of rotatable bonds is 2. The molecule has 0 aliphatic rings. The van der Waals surface area contributed by atoms with Gasteiger partial charge in [0.25, 0.3) is 0 Å². The first-order valence-electron chi connectivity index (χ1n) is 5.56. The van der Waals surface area contributed by atoms with Crippen molar-refractivity contribution in [2.75, 3.05) is 0 Å². The Labute approximate surface area is 128 Å². The maximum absolute atomic E-state index is 4.76. The van der Waals surface area contributed by atoms with Crippen molar-refractivity contribution >= 4 is 31.6 Å². The van der Waals surface area contributed by atoms with Crippen LogP contribution in [0.1, 0.15) is 18.2 Å². The molecule has 1 aromatic heterocycles. The number of pyridine rings is 1. The molecule has 2 nitrogen and oxygen atoms in total. The second kappa shape index (κ2) is 9.11. The summed E-state index contributed by atoms with van der Waals surface area (Å²) >= 11 is 0.194. The van der Waals surface area contributed by atoms with Gasteiger partial charge in [0.2, 0.25) is 0 Å². The summed E-state index contributed by atoms with van der Waals surface area (Å²) in [4.78, 5) is 8.86. The van der Waals surface area contributed by atoms with E-state index < -0.39 is 0 Å². The standard InChI is InChI=1S/C14H14N2.2ClH.Fe/c1-11-7-3-4-8-13(11)16-12(2)14-9-5-6-10-15-14;;;/h3-10H,1-2H3;2*1H;/q;;;+2/p-2. The molecule has 0 aliphatic carbocycles. The van der Waals surface area contributed by atoms with Crippen LogP contribution in [0, 0.1) is 6.92 Å². The van der Waals surface area contributed by atoms with Gasteiger partial charge in [-0.2, -0.15) is 0 Å². The molecule has 0 radical (unpaired) electrons. The average Bonchev–Trinajstić information content (AvgIpc) is 2.43. The fourth-order valence-electron chi connectivity index (χ4n) is 1.50. The first-order chi connectivity index (χ1) is 9.19. The fourth-order valence-corrected chi connectivity index (χ4v) is 1.50. The maximum atomic E-state index is 4.76. The second-order valence-electron chi connectivity index (χ2n) is 3.75. The van der Waals surface area contributed by atoms with Crippen LogP contribution in [0.15, 0.2) is 53.7 Å². The fraction of sp³-hybridized carbons (Fsp3) is 0.143. The summed E-state index contributed by atoms with van der Waals surface area (Å²) in [5, 5.41) is 0. The summed E-state index contributed by atoms with van der Waals surface area (Å²) in [6.45, 7) is 4.04. The molecule has 0 saturated carbocycles. The number of para-hydroxylation sites is 1. The van der Waals surface area contributed by atoms with Gasteiger partial charge in [0.15, 0.2) is 0 Å². The Hall–Kier alpha value is -0.861. The summed E-state index contributed by atoms with van der Waals surface area (Å²) in [5.41, 5.74) is 4.05. The zero-order valence-corrected chi connectivity index (χ0v) is 13.2. The van der Waals surface area contributed by atoms with E-state index in [9.17, 15) is 0 Å². The Balaban J connectivity index is 0.000000550. The van der Waals surface area contributed by atoms with Gasteiger partial charge in [0.05, 0.1) is 17.1 Å². The van der Waals surface area contributed by atoms with E-state index in [4.69, 9.17) is 20.2 Å². The van der Waals surface area contributed by atoms with Crippen molar-refractivity contribution in [1.82, 2.24) is 4.98 Å². The Bertz CT molecular complexity index is 530. The first kappa shape index (κ1) is 16.2. The summed E-state index contributed by atoms with van der Waals surface area (Å²) in [6.07, 6.45) is 1.78. The topological polar surface area (TPSA) is 25.2 Å². The third kappa shape index (κ3) is 5.75. The SMILES string of the molecule is CC(=Nc1ccccc1C)c1ccccn1.[Cl][Fe][Cl]. The number of hydrogen-bond donors (Lipinski definition) is 0. The van der Waals surface area contributed by atoms with Crippen molar-refractivity contribution in [1.29, 1.82) is 0 Å². The molecule has 1 heterocycles. The van der Waals surface area contributed by atoms with E-state index in [2.05, 4.69) is 23.0 Å². The molecule has 2 aromatic rings. The van der Waals surface area contributed by atoms with Gasteiger partial charge >= 0.3 is 33.3 Å². The molecule has 0 unspecified atom stereocenters. The van der Waals surface area contributed by atoms with Gasteiger partial charge in [-0.3, -0.25) is 9.98 Å². The molecule has 19 heavy (non-hydrogen) atoms. The van der Waals surface area contributed by atoms with E-state index in [1.54, 1.807) is 6.20 Å². The predicted molar refractivity (Wildman–Crippen MR) is 79.0 cm³/mol. The van der Waals surface area contributed by atoms with E-state index in [1.807, 2.05) is 43.3 Å². The van der Waals surface area contributed by atoms with Crippen LogP contribution in [0.25, 0.3) is 0 Å². The molecule has 1 aromatic carbocycles. The zero-order valence-electron chi connectivity index (χ0n) is 10.6. The average molecular weight is 337 g/mol. The summed E-state index contributed by atoms with van der Waals surface area (Å²) in [6, 6.07) is 13.9.